The molecule has 2 N–H and O–H groups in total. The van der Waals surface area contributed by atoms with Gasteiger partial charge >= 0.3 is 5.69 Å². The van der Waals surface area contributed by atoms with Crippen LogP contribution in [0.25, 0.3) is 0 Å². The third-order valence-corrected chi connectivity index (χ3v) is 2.06. The topological polar surface area (TPSA) is 84.3 Å². The van der Waals surface area contributed by atoms with Crippen LogP contribution in [-0.4, -0.2) is 28.1 Å². The molecule has 0 aliphatic heterocycles. The van der Waals surface area contributed by atoms with Gasteiger partial charge in [-0.25, -0.2) is 4.79 Å². The lowest BCUT2D eigenvalue weighted by Crippen LogP contribution is -2.32. The molecule has 6 heteroatoms. The van der Waals surface area contributed by atoms with Crippen LogP contribution >= 0.6 is 0 Å². The summed E-state index contributed by atoms with van der Waals surface area (Å²) < 4.78 is 5.84. The van der Waals surface area contributed by atoms with Gasteiger partial charge in [-0.05, 0) is 0 Å². The summed E-state index contributed by atoms with van der Waals surface area (Å²) in [5.74, 6) is 2.17. The number of terminal acetylenes is 1. The summed E-state index contributed by atoms with van der Waals surface area (Å²) >= 11 is 0. The second-order valence-electron chi connectivity index (χ2n) is 3.12. The maximum Gasteiger partial charge on any atom is 0.328 e. The molecule has 0 aliphatic rings. The molecular weight excluding hydrogens is 212 g/mol. The summed E-state index contributed by atoms with van der Waals surface area (Å²) in [5, 5.41) is 9.14. The first-order valence-corrected chi connectivity index (χ1v) is 4.59. The molecule has 0 aliphatic carbocycles. The van der Waals surface area contributed by atoms with Gasteiger partial charge in [0.15, 0.2) is 6.29 Å². The predicted octanol–water partition coefficient (Wildman–Crippen LogP) is -1.13. The lowest BCUT2D eigenvalue weighted by molar-refractivity contribution is -0.0804. The van der Waals surface area contributed by atoms with E-state index in [4.69, 9.17) is 11.5 Å². The second-order valence-corrected chi connectivity index (χ2v) is 3.12. The molecule has 1 heterocycles. The molecule has 0 radical (unpaired) electrons. The number of H-pyrrole nitrogens is 1. The van der Waals surface area contributed by atoms with Gasteiger partial charge in [-0.2, -0.15) is 0 Å². The molecule has 86 valence electrons. The minimum Gasteiger partial charge on any atom is -0.368 e. The largest absolute Gasteiger partial charge is 0.368 e. The number of aliphatic hydroxyl groups excluding tert-OH is 1. The van der Waals surface area contributed by atoms with E-state index in [1.165, 1.54) is 17.9 Å². The third kappa shape index (κ3) is 2.82. The Morgan fingerprint density at radius 2 is 2.38 bits per heavy atom. The van der Waals surface area contributed by atoms with Gasteiger partial charge in [0.05, 0.1) is 0 Å². The quantitative estimate of drug-likeness (QED) is 0.501. The SMILES string of the molecule is C#Cc1cn(CC[C@@H](O)OC)c(=O)[nH]c1=O. The van der Waals surface area contributed by atoms with Crippen molar-refractivity contribution in [1.82, 2.24) is 9.55 Å². The molecule has 0 amide bonds. The van der Waals surface area contributed by atoms with Crippen molar-refractivity contribution in [2.45, 2.75) is 19.3 Å². The van der Waals surface area contributed by atoms with Crippen LogP contribution < -0.4 is 11.2 Å². The lowest BCUT2D eigenvalue weighted by Gasteiger charge is -2.09. The number of ether oxygens (including phenoxy) is 1. The highest BCUT2D eigenvalue weighted by Crippen LogP contribution is 1.95. The monoisotopic (exact) mass is 224 g/mol. The second kappa shape index (κ2) is 5.30. The van der Waals surface area contributed by atoms with Crippen LogP contribution in [0.1, 0.15) is 12.0 Å². The summed E-state index contributed by atoms with van der Waals surface area (Å²) in [5.41, 5.74) is -1.07. The lowest BCUT2D eigenvalue weighted by atomic mass is 10.3. The maximum atomic E-state index is 11.3. The number of aromatic nitrogens is 2. The van der Waals surface area contributed by atoms with Crippen molar-refractivity contribution < 1.29 is 9.84 Å². The molecule has 0 saturated carbocycles. The Labute approximate surface area is 91.5 Å². The molecule has 0 aromatic carbocycles. The number of hydrogen-bond donors (Lipinski definition) is 2. The Morgan fingerprint density at radius 3 is 2.94 bits per heavy atom. The average molecular weight is 224 g/mol. The number of nitrogens with zero attached hydrogens (tertiary/aromatic N) is 1. The molecule has 0 fully saturated rings. The van der Waals surface area contributed by atoms with Crippen LogP contribution in [0.4, 0.5) is 0 Å². The van der Waals surface area contributed by atoms with Crippen molar-refractivity contribution in [2.24, 2.45) is 0 Å². The van der Waals surface area contributed by atoms with Crippen molar-refractivity contribution in [1.29, 1.82) is 0 Å². The van der Waals surface area contributed by atoms with Crippen LogP contribution in [0.2, 0.25) is 0 Å². The molecule has 1 aromatic rings. The van der Waals surface area contributed by atoms with Gasteiger partial charge in [0.1, 0.15) is 5.56 Å². The van der Waals surface area contributed by atoms with Crippen molar-refractivity contribution in [3.8, 4) is 12.3 Å². The van der Waals surface area contributed by atoms with Gasteiger partial charge in [0.2, 0.25) is 0 Å². The maximum absolute atomic E-state index is 11.3. The molecule has 0 spiro atoms. The Balaban J connectivity index is 2.94. The zero-order chi connectivity index (χ0) is 12.1. The molecule has 1 atom stereocenters. The number of nitrogens with one attached hydrogen (secondary N) is 1. The Morgan fingerprint density at radius 1 is 1.69 bits per heavy atom. The van der Waals surface area contributed by atoms with Crippen LogP contribution in [0.15, 0.2) is 15.8 Å². The first kappa shape index (κ1) is 12.2. The molecule has 6 nitrogen and oxygen atoms in total. The van der Waals surface area contributed by atoms with Crippen LogP contribution in [0.5, 0.6) is 0 Å². The van der Waals surface area contributed by atoms with E-state index >= 15 is 0 Å². The summed E-state index contributed by atoms with van der Waals surface area (Å²) in [7, 11) is 1.35. The number of aryl methyl sites for hydroxylation is 1. The van der Waals surface area contributed by atoms with E-state index in [9.17, 15) is 9.59 Å². The fraction of sp³-hybridized carbons (Fsp3) is 0.400. The summed E-state index contributed by atoms with van der Waals surface area (Å²) in [4.78, 5) is 24.5. The smallest absolute Gasteiger partial charge is 0.328 e. The minimum absolute atomic E-state index is 0.0755. The minimum atomic E-state index is -0.951. The van der Waals surface area contributed by atoms with Gasteiger partial charge in [-0.1, -0.05) is 5.92 Å². The Kier molecular flexibility index (Phi) is 4.05. The van der Waals surface area contributed by atoms with Gasteiger partial charge in [-0.3, -0.25) is 14.3 Å². The van der Waals surface area contributed by atoms with Crippen LogP contribution in [0, 0.1) is 12.3 Å². The van der Waals surface area contributed by atoms with Crippen molar-refractivity contribution in [2.75, 3.05) is 7.11 Å². The standard InChI is InChI=1S/C10H12N2O4/c1-3-7-6-12(5-4-8(13)16-2)10(15)11-9(7)14/h1,6,8,13H,4-5H2,2H3,(H,11,14,15)/t8-/m0/s1. The van der Waals surface area contributed by atoms with Crippen molar-refractivity contribution >= 4 is 0 Å². The molecule has 0 bridgehead atoms. The number of aromatic amines is 1. The highest BCUT2D eigenvalue weighted by Gasteiger charge is 2.05. The molecule has 1 aromatic heterocycles. The first-order valence-electron chi connectivity index (χ1n) is 4.59. The molecule has 1 rings (SSSR count). The number of methoxy groups -OCH3 is 1. The van der Waals surface area contributed by atoms with E-state index < -0.39 is 17.5 Å². The zero-order valence-corrected chi connectivity index (χ0v) is 8.77. The molecule has 0 saturated heterocycles. The number of rotatable bonds is 4. The average Bonchev–Trinajstić information content (AvgIpc) is 2.27. The van der Waals surface area contributed by atoms with Crippen molar-refractivity contribution in [3.63, 3.8) is 0 Å². The first-order chi connectivity index (χ1) is 7.58. The van der Waals surface area contributed by atoms with E-state index in [2.05, 4.69) is 15.6 Å². The number of hydrogen-bond acceptors (Lipinski definition) is 4. The Bertz CT molecular complexity index is 509. The predicted molar refractivity (Wildman–Crippen MR) is 56.9 cm³/mol. The van der Waals surface area contributed by atoms with E-state index in [0.29, 0.717) is 0 Å². The van der Waals surface area contributed by atoms with Crippen LogP contribution in [0.3, 0.4) is 0 Å². The highest BCUT2D eigenvalue weighted by atomic mass is 16.6. The fourth-order valence-corrected chi connectivity index (χ4v) is 1.15. The summed E-state index contributed by atoms with van der Waals surface area (Å²) in [6, 6.07) is 0. The Hall–Kier alpha value is -1.84. The van der Waals surface area contributed by atoms with Crippen LogP contribution in [-0.2, 0) is 11.3 Å². The van der Waals surface area contributed by atoms with E-state index in [-0.39, 0.29) is 18.5 Å². The molecular formula is C10H12N2O4. The molecule has 0 unspecified atom stereocenters. The van der Waals surface area contributed by atoms with Crippen molar-refractivity contribution in [3.05, 3.63) is 32.6 Å². The summed E-state index contributed by atoms with van der Waals surface area (Å²) in [6.07, 6.45) is 5.65. The van der Waals surface area contributed by atoms with E-state index in [1.54, 1.807) is 0 Å². The van der Waals surface area contributed by atoms with Gasteiger partial charge in [-0.15, -0.1) is 6.42 Å². The molecule has 16 heavy (non-hydrogen) atoms. The van der Waals surface area contributed by atoms with Gasteiger partial charge < -0.3 is 9.84 Å². The zero-order valence-electron chi connectivity index (χ0n) is 8.77. The van der Waals surface area contributed by atoms with Gasteiger partial charge in [0, 0.05) is 26.3 Å². The highest BCUT2D eigenvalue weighted by molar-refractivity contribution is 5.25. The normalized spacial score (nSPS) is 12.1. The third-order valence-electron chi connectivity index (χ3n) is 2.06. The van der Waals surface area contributed by atoms with E-state index in [1.807, 2.05) is 0 Å². The van der Waals surface area contributed by atoms with Gasteiger partial charge in [0.25, 0.3) is 5.56 Å². The number of aliphatic hydroxyl groups is 1. The summed E-state index contributed by atoms with van der Waals surface area (Å²) in [6.45, 7) is 0.208. The fourth-order valence-electron chi connectivity index (χ4n) is 1.15. The van der Waals surface area contributed by atoms with E-state index in [0.717, 1.165) is 0 Å².